The van der Waals surface area contributed by atoms with Crippen LogP contribution in [0.5, 0.6) is 0 Å². The molecule has 6 heteroatoms. The lowest BCUT2D eigenvalue weighted by atomic mass is 10.3. The average molecular weight is 230 g/mol. The molecule has 0 spiro atoms. The third-order valence-corrected chi connectivity index (χ3v) is 2.60. The number of hydrogen-bond donors (Lipinski definition) is 2. The second-order valence-corrected chi connectivity index (χ2v) is 3.79. The molecule has 6 nitrogen and oxygen atoms in total. The van der Waals surface area contributed by atoms with E-state index in [0.717, 1.165) is 6.42 Å². The van der Waals surface area contributed by atoms with E-state index < -0.39 is 6.09 Å². The van der Waals surface area contributed by atoms with Crippen LogP contribution in [0.25, 0.3) is 0 Å². The Hall–Kier alpha value is -1.30. The van der Waals surface area contributed by atoms with Crippen molar-refractivity contribution in [3.63, 3.8) is 0 Å². The van der Waals surface area contributed by atoms with E-state index in [1.165, 1.54) is 7.11 Å². The van der Waals surface area contributed by atoms with Crippen LogP contribution >= 0.6 is 0 Å². The highest BCUT2D eigenvalue weighted by Gasteiger charge is 2.26. The summed E-state index contributed by atoms with van der Waals surface area (Å²) in [5.74, 6) is 0.0308. The summed E-state index contributed by atoms with van der Waals surface area (Å²) in [7, 11) is 1.31. The maximum Gasteiger partial charge on any atom is 0.407 e. The largest absolute Gasteiger partial charge is 0.453 e. The van der Waals surface area contributed by atoms with Gasteiger partial charge in [-0.1, -0.05) is 0 Å². The number of aliphatic hydroxyl groups is 1. The molecule has 0 bridgehead atoms. The number of amides is 2. The molecular weight excluding hydrogens is 212 g/mol. The van der Waals surface area contributed by atoms with Gasteiger partial charge in [0.15, 0.2) is 0 Å². The van der Waals surface area contributed by atoms with Crippen molar-refractivity contribution < 1.29 is 19.4 Å². The van der Waals surface area contributed by atoms with Gasteiger partial charge in [-0.25, -0.2) is 4.79 Å². The van der Waals surface area contributed by atoms with Gasteiger partial charge in [0.1, 0.15) is 0 Å². The van der Waals surface area contributed by atoms with E-state index in [2.05, 4.69) is 10.1 Å². The second-order valence-electron chi connectivity index (χ2n) is 3.79. The SMILES string of the molecule is COC(=O)NC1CCN(C(=O)CCCO)C1. The number of alkyl carbamates (subject to hydrolysis) is 1. The fraction of sp³-hybridized carbons (Fsp3) is 0.800. The monoisotopic (exact) mass is 230 g/mol. The molecule has 1 unspecified atom stereocenters. The van der Waals surface area contributed by atoms with Gasteiger partial charge >= 0.3 is 6.09 Å². The van der Waals surface area contributed by atoms with Crippen molar-refractivity contribution in [1.29, 1.82) is 0 Å². The first-order valence-corrected chi connectivity index (χ1v) is 5.40. The van der Waals surface area contributed by atoms with E-state index in [4.69, 9.17) is 5.11 Å². The first-order valence-electron chi connectivity index (χ1n) is 5.40. The third kappa shape index (κ3) is 3.69. The van der Waals surface area contributed by atoms with Crippen molar-refractivity contribution in [2.45, 2.75) is 25.3 Å². The van der Waals surface area contributed by atoms with Crippen LogP contribution in [0.2, 0.25) is 0 Å². The smallest absolute Gasteiger partial charge is 0.407 e. The summed E-state index contributed by atoms with van der Waals surface area (Å²) in [5.41, 5.74) is 0. The van der Waals surface area contributed by atoms with Crippen LogP contribution in [0.15, 0.2) is 0 Å². The lowest BCUT2D eigenvalue weighted by Gasteiger charge is -2.16. The summed E-state index contributed by atoms with van der Waals surface area (Å²) in [6.07, 6.45) is 1.14. The van der Waals surface area contributed by atoms with E-state index >= 15 is 0 Å². The van der Waals surface area contributed by atoms with Crippen LogP contribution < -0.4 is 5.32 Å². The number of nitrogens with one attached hydrogen (secondary N) is 1. The number of hydrogen-bond acceptors (Lipinski definition) is 4. The van der Waals surface area contributed by atoms with Gasteiger partial charge in [-0.3, -0.25) is 4.79 Å². The van der Waals surface area contributed by atoms with Crippen molar-refractivity contribution in [2.24, 2.45) is 0 Å². The quantitative estimate of drug-likeness (QED) is 0.696. The Balaban J connectivity index is 2.28. The number of carbonyl (C=O) groups is 2. The van der Waals surface area contributed by atoms with Gasteiger partial charge in [0, 0.05) is 26.1 Å². The minimum atomic E-state index is -0.463. The lowest BCUT2D eigenvalue weighted by molar-refractivity contribution is -0.130. The molecule has 2 N–H and O–H groups in total. The zero-order valence-corrected chi connectivity index (χ0v) is 9.44. The van der Waals surface area contributed by atoms with Crippen molar-refractivity contribution in [1.82, 2.24) is 10.2 Å². The predicted octanol–water partition coefficient (Wildman–Crippen LogP) is -0.284. The molecule has 1 heterocycles. The molecule has 2 amide bonds. The highest BCUT2D eigenvalue weighted by molar-refractivity contribution is 5.76. The van der Waals surface area contributed by atoms with E-state index in [1.807, 2.05) is 0 Å². The Bertz CT molecular complexity index is 257. The molecule has 16 heavy (non-hydrogen) atoms. The standard InChI is InChI=1S/C10H18N2O4/c1-16-10(15)11-8-4-5-12(7-8)9(14)3-2-6-13/h8,13H,2-7H2,1H3,(H,11,15). The molecule has 92 valence electrons. The van der Waals surface area contributed by atoms with E-state index in [1.54, 1.807) is 4.90 Å². The van der Waals surface area contributed by atoms with Gasteiger partial charge in [0.2, 0.25) is 5.91 Å². The second kappa shape index (κ2) is 6.32. The van der Waals surface area contributed by atoms with E-state index in [9.17, 15) is 9.59 Å². The normalized spacial score (nSPS) is 19.6. The predicted molar refractivity (Wildman–Crippen MR) is 56.8 cm³/mol. The minimum Gasteiger partial charge on any atom is -0.453 e. The number of ether oxygens (including phenoxy) is 1. The number of carbonyl (C=O) groups excluding carboxylic acids is 2. The lowest BCUT2D eigenvalue weighted by Crippen LogP contribution is -2.38. The zero-order chi connectivity index (χ0) is 12.0. The van der Waals surface area contributed by atoms with Gasteiger partial charge < -0.3 is 20.1 Å². The van der Waals surface area contributed by atoms with Gasteiger partial charge in [0.25, 0.3) is 0 Å². The summed E-state index contributed by atoms with van der Waals surface area (Å²) in [6, 6.07) is -0.0227. The summed E-state index contributed by atoms with van der Waals surface area (Å²) < 4.78 is 4.49. The van der Waals surface area contributed by atoms with Gasteiger partial charge in [-0.15, -0.1) is 0 Å². The van der Waals surface area contributed by atoms with Gasteiger partial charge in [-0.2, -0.15) is 0 Å². The molecule has 0 aromatic heterocycles. The molecule has 0 radical (unpaired) electrons. The van der Waals surface area contributed by atoms with Gasteiger partial charge in [0.05, 0.1) is 13.2 Å². The van der Waals surface area contributed by atoms with Crippen molar-refractivity contribution >= 4 is 12.0 Å². The van der Waals surface area contributed by atoms with E-state index in [0.29, 0.717) is 25.9 Å². The van der Waals surface area contributed by atoms with Crippen LogP contribution in [0.1, 0.15) is 19.3 Å². The molecule has 1 aliphatic heterocycles. The Morgan fingerprint density at radius 3 is 2.94 bits per heavy atom. The van der Waals surface area contributed by atoms with Crippen LogP contribution in [-0.4, -0.2) is 54.9 Å². The fourth-order valence-corrected chi connectivity index (χ4v) is 1.72. The first kappa shape index (κ1) is 12.8. The minimum absolute atomic E-state index is 0.0227. The summed E-state index contributed by atoms with van der Waals surface area (Å²) in [5, 5.41) is 11.3. The van der Waals surface area contributed by atoms with Crippen molar-refractivity contribution in [3.8, 4) is 0 Å². The molecule has 1 aliphatic rings. The summed E-state index contributed by atoms with van der Waals surface area (Å²) in [6.45, 7) is 1.21. The Morgan fingerprint density at radius 1 is 1.56 bits per heavy atom. The van der Waals surface area contributed by atoms with Crippen LogP contribution in [0.3, 0.4) is 0 Å². The average Bonchev–Trinajstić information content (AvgIpc) is 2.74. The summed E-state index contributed by atoms with van der Waals surface area (Å²) >= 11 is 0. The fourth-order valence-electron chi connectivity index (χ4n) is 1.72. The molecular formula is C10H18N2O4. The van der Waals surface area contributed by atoms with Crippen molar-refractivity contribution in [2.75, 3.05) is 26.8 Å². The van der Waals surface area contributed by atoms with Crippen LogP contribution in [0.4, 0.5) is 4.79 Å². The van der Waals surface area contributed by atoms with E-state index in [-0.39, 0.29) is 18.6 Å². The van der Waals surface area contributed by atoms with Crippen LogP contribution in [-0.2, 0) is 9.53 Å². The summed E-state index contributed by atoms with van der Waals surface area (Å²) in [4.78, 5) is 24.2. The van der Waals surface area contributed by atoms with Gasteiger partial charge in [-0.05, 0) is 12.8 Å². The number of nitrogens with zero attached hydrogens (tertiary/aromatic N) is 1. The molecule has 0 aromatic rings. The Kier molecular flexibility index (Phi) is 5.04. The molecule has 0 aromatic carbocycles. The third-order valence-electron chi connectivity index (χ3n) is 2.60. The first-order chi connectivity index (χ1) is 7.67. The number of likely N-dealkylation sites (tertiary alicyclic amines) is 1. The number of aliphatic hydroxyl groups excluding tert-OH is 1. The topological polar surface area (TPSA) is 78.9 Å². The molecule has 0 saturated carbocycles. The number of methoxy groups -OCH3 is 1. The molecule has 1 rings (SSSR count). The molecule has 0 aliphatic carbocycles. The Labute approximate surface area is 94.6 Å². The molecule has 1 atom stereocenters. The maximum atomic E-state index is 11.6. The van der Waals surface area contributed by atoms with Crippen molar-refractivity contribution in [3.05, 3.63) is 0 Å². The molecule has 1 fully saturated rings. The number of rotatable bonds is 4. The highest BCUT2D eigenvalue weighted by Crippen LogP contribution is 2.11. The Morgan fingerprint density at radius 2 is 2.31 bits per heavy atom. The highest BCUT2D eigenvalue weighted by atomic mass is 16.5. The van der Waals surface area contributed by atoms with Crippen LogP contribution in [0, 0.1) is 0 Å². The maximum absolute atomic E-state index is 11.6. The zero-order valence-electron chi connectivity index (χ0n) is 9.44. The molecule has 1 saturated heterocycles.